The molecule has 1 heterocycles. The van der Waals surface area contributed by atoms with Gasteiger partial charge in [-0.25, -0.2) is 0 Å². The number of benzene rings is 1. The van der Waals surface area contributed by atoms with Crippen LogP contribution in [0.25, 0.3) is 0 Å². The summed E-state index contributed by atoms with van der Waals surface area (Å²) in [6.07, 6.45) is 0.895. The maximum atomic E-state index is 11.3. The number of carboxylic acid groups (broad SMARTS) is 1. The zero-order chi connectivity index (χ0) is 14.0. The summed E-state index contributed by atoms with van der Waals surface area (Å²) in [5.74, 6) is -0.0975. The Morgan fingerprint density at radius 2 is 2.26 bits per heavy atom. The van der Waals surface area contributed by atoms with Crippen molar-refractivity contribution in [3.8, 4) is 11.5 Å². The van der Waals surface area contributed by atoms with Gasteiger partial charge in [0.05, 0.1) is 7.11 Å². The Morgan fingerprint density at radius 1 is 1.53 bits per heavy atom. The Labute approximate surface area is 112 Å². The molecule has 0 spiro atoms. The number of rotatable bonds is 4. The molecule has 2 rings (SSSR count). The molecule has 1 saturated heterocycles. The molecule has 19 heavy (non-hydrogen) atoms. The molecular formula is C14H19NO4. The van der Waals surface area contributed by atoms with Crippen molar-refractivity contribution in [1.82, 2.24) is 4.90 Å². The Bertz CT molecular complexity index is 475. The van der Waals surface area contributed by atoms with Crippen molar-refractivity contribution >= 4 is 5.97 Å². The summed E-state index contributed by atoms with van der Waals surface area (Å²) in [4.78, 5) is 13.2. The van der Waals surface area contributed by atoms with Gasteiger partial charge in [-0.2, -0.15) is 0 Å². The first-order valence-corrected chi connectivity index (χ1v) is 6.35. The van der Waals surface area contributed by atoms with E-state index < -0.39 is 12.0 Å². The van der Waals surface area contributed by atoms with E-state index in [1.807, 2.05) is 11.8 Å². The third kappa shape index (κ3) is 2.81. The van der Waals surface area contributed by atoms with Crippen molar-refractivity contribution < 1.29 is 19.7 Å². The number of ether oxygens (including phenoxy) is 1. The molecule has 1 aliphatic heterocycles. The quantitative estimate of drug-likeness (QED) is 0.867. The highest BCUT2D eigenvalue weighted by molar-refractivity contribution is 5.74. The second-order valence-corrected chi connectivity index (χ2v) is 5.03. The third-order valence-corrected chi connectivity index (χ3v) is 3.69. The number of hydrogen-bond acceptors (Lipinski definition) is 4. The molecule has 5 nitrogen and oxygen atoms in total. The number of hydrogen-bond donors (Lipinski definition) is 2. The Kier molecular flexibility index (Phi) is 3.95. The molecule has 0 aromatic heterocycles. The molecule has 104 valence electrons. The number of carboxylic acids is 1. The van der Waals surface area contributed by atoms with Crippen LogP contribution in [0.3, 0.4) is 0 Å². The van der Waals surface area contributed by atoms with Gasteiger partial charge in [0.2, 0.25) is 0 Å². The topological polar surface area (TPSA) is 70.0 Å². The number of phenols is 1. The predicted octanol–water partition coefficient (Wildman–Crippen LogP) is 1.70. The third-order valence-electron chi connectivity index (χ3n) is 3.69. The smallest absolute Gasteiger partial charge is 0.321 e. The summed E-state index contributed by atoms with van der Waals surface area (Å²) < 4.78 is 5.06. The summed E-state index contributed by atoms with van der Waals surface area (Å²) in [6.45, 7) is 3.30. The Hall–Kier alpha value is -1.75. The summed E-state index contributed by atoms with van der Waals surface area (Å²) in [5.41, 5.74) is 0.940. The molecule has 0 bridgehead atoms. The monoisotopic (exact) mass is 265 g/mol. The van der Waals surface area contributed by atoms with Gasteiger partial charge in [0.15, 0.2) is 11.5 Å². The normalized spacial score (nSPS) is 23.5. The van der Waals surface area contributed by atoms with E-state index in [1.165, 1.54) is 7.11 Å². The van der Waals surface area contributed by atoms with E-state index in [0.717, 1.165) is 18.5 Å². The second-order valence-electron chi connectivity index (χ2n) is 5.03. The molecule has 0 saturated carbocycles. The number of aromatic hydroxyl groups is 1. The van der Waals surface area contributed by atoms with Crippen LogP contribution in [-0.4, -0.2) is 40.8 Å². The van der Waals surface area contributed by atoms with Crippen LogP contribution in [0.2, 0.25) is 0 Å². The number of carbonyl (C=O) groups is 1. The number of methoxy groups -OCH3 is 1. The van der Waals surface area contributed by atoms with Crippen LogP contribution in [0.5, 0.6) is 11.5 Å². The molecule has 1 aromatic carbocycles. The lowest BCUT2D eigenvalue weighted by Crippen LogP contribution is -2.38. The number of aliphatic carboxylic acids is 1. The Morgan fingerprint density at radius 3 is 2.89 bits per heavy atom. The molecule has 1 fully saturated rings. The lowest BCUT2D eigenvalue weighted by atomic mass is 10.0. The van der Waals surface area contributed by atoms with Crippen LogP contribution < -0.4 is 4.74 Å². The van der Waals surface area contributed by atoms with Crippen molar-refractivity contribution in [3.63, 3.8) is 0 Å². The van der Waals surface area contributed by atoms with E-state index in [4.69, 9.17) is 4.74 Å². The van der Waals surface area contributed by atoms with Gasteiger partial charge in [0.25, 0.3) is 0 Å². The first kappa shape index (κ1) is 13.7. The maximum absolute atomic E-state index is 11.3. The van der Waals surface area contributed by atoms with E-state index in [1.54, 1.807) is 18.2 Å². The molecule has 1 aromatic rings. The van der Waals surface area contributed by atoms with Crippen molar-refractivity contribution in [3.05, 3.63) is 23.8 Å². The van der Waals surface area contributed by atoms with Crippen molar-refractivity contribution in [1.29, 1.82) is 0 Å². The summed E-state index contributed by atoms with van der Waals surface area (Å²) in [5, 5.41) is 18.8. The minimum Gasteiger partial charge on any atom is -0.504 e. The first-order chi connectivity index (χ1) is 9.02. The van der Waals surface area contributed by atoms with Gasteiger partial charge in [-0.1, -0.05) is 13.0 Å². The minimum atomic E-state index is -0.768. The number of likely N-dealkylation sites (tertiary alicyclic amines) is 1. The van der Waals surface area contributed by atoms with Gasteiger partial charge in [-0.05, 0) is 36.6 Å². The summed E-state index contributed by atoms with van der Waals surface area (Å²) in [6, 6.07) is 4.68. The number of phenolic OH excluding ortho intramolecular Hbond substituents is 1. The molecule has 1 aliphatic rings. The van der Waals surface area contributed by atoms with E-state index in [0.29, 0.717) is 12.3 Å². The van der Waals surface area contributed by atoms with Gasteiger partial charge in [0.1, 0.15) is 6.04 Å². The highest BCUT2D eigenvalue weighted by atomic mass is 16.5. The molecule has 0 radical (unpaired) electrons. The fourth-order valence-corrected chi connectivity index (χ4v) is 2.66. The molecule has 2 unspecified atom stereocenters. The first-order valence-electron chi connectivity index (χ1n) is 6.35. The second kappa shape index (κ2) is 5.48. The van der Waals surface area contributed by atoms with E-state index in [2.05, 4.69) is 0 Å². The zero-order valence-corrected chi connectivity index (χ0v) is 11.2. The van der Waals surface area contributed by atoms with Crippen LogP contribution in [0.4, 0.5) is 0 Å². The van der Waals surface area contributed by atoms with Crippen molar-refractivity contribution in [2.24, 2.45) is 5.92 Å². The van der Waals surface area contributed by atoms with Crippen LogP contribution in [0.15, 0.2) is 18.2 Å². The van der Waals surface area contributed by atoms with Crippen LogP contribution in [0.1, 0.15) is 18.9 Å². The maximum Gasteiger partial charge on any atom is 0.321 e. The van der Waals surface area contributed by atoms with E-state index in [-0.39, 0.29) is 11.7 Å². The lowest BCUT2D eigenvalue weighted by molar-refractivity contribution is -0.143. The molecule has 0 amide bonds. The van der Waals surface area contributed by atoms with Crippen molar-refractivity contribution in [2.45, 2.75) is 25.9 Å². The molecule has 5 heteroatoms. The SMILES string of the molecule is COc1cc(CN2CCC(C)C2C(=O)O)ccc1O. The average Bonchev–Trinajstić information content (AvgIpc) is 2.73. The van der Waals surface area contributed by atoms with Gasteiger partial charge in [-0.15, -0.1) is 0 Å². The fraction of sp³-hybridized carbons (Fsp3) is 0.500. The molecule has 2 N–H and O–H groups in total. The fourth-order valence-electron chi connectivity index (χ4n) is 2.66. The summed E-state index contributed by atoms with van der Waals surface area (Å²) in [7, 11) is 1.50. The molecule has 0 aliphatic carbocycles. The van der Waals surface area contributed by atoms with Crippen LogP contribution in [-0.2, 0) is 11.3 Å². The molecular weight excluding hydrogens is 246 g/mol. The van der Waals surface area contributed by atoms with Crippen molar-refractivity contribution in [2.75, 3.05) is 13.7 Å². The van der Waals surface area contributed by atoms with Gasteiger partial charge in [0, 0.05) is 6.54 Å². The van der Waals surface area contributed by atoms with Gasteiger partial charge >= 0.3 is 5.97 Å². The lowest BCUT2D eigenvalue weighted by Gasteiger charge is -2.23. The Balaban J connectivity index is 2.14. The highest BCUT2D eigenvalue weighted by Gasteiger charge is 2.36. The summed E-state index contributed by atoms with van der Waals surface area (Å²) >= 11 is 0. The largest absolute Gasteiger partial charge is 0.504 e. The van der Waals surface area contributed by atoms with Gasteiger partial charge < -0.3 is 14.9 Å². The molecule has 2 atom stereocenters. The standard InChI is InChI=1S/C14H19NO4/c1-9-5-6-15(13(9)14(17)18)8-10-3-4-11(16)12(7-10)19-2/h3-4,7,9,13,16H,5-6,8H2,1-2H3,(H,17,18). The minimum absolute atomic E-state index is 0.0934. The van der Waals surface area contributed by atoms with Crippen LogP contribution in [0, 0.1) is 5.92 Å². The van der Waals surface area contributed by atoms with Crippen LogP contribution >= 0.6 is 0 Å². The van der Waals surface area contributed by atoms with Gasteiger partial charge in [-0.3, -0.25) is 9.69 Å². The zero-order valence-electron chi connectivity index (χ0n) is 11.2. The van der Waals surface area contributed by atoms with E-state index >= 15 is 0 Å². The predicted molar refractivity (Wildman–Crippen MR) is 70.3 cm³/mol. The average molecular weight is 265 g/mol. The van der Waals surface area contributed by atoms with E-state index in [9.17, 15) is 15.0 Å². The highest BCUT2D eigenvalue weighted by Crippen LogP contribution is 2.30. The number of nitrogens with zero attached hydrogens (tertiary/aromatic N) is 1.